The van der Waals surface area contributed by atoms with Crippen LogP contribution in [-0.2, 0) is 14.6 Å². The van der Waals surface area contributed by atoms with Crippen molar-refractivity contribution in [2.75, 3.05) is 31.3 Å². The molecule has 2 aliphatic rings. The Balaban J connectivity index is 1.90. The third kappa shape index (κ3) is 2.06. The average molecular weight is 218 g/mol. The maximum absolute atomic E-state index is 11.2. The van der Waals surface area contributed by atoms with Crippen molar-refractivity contribution in [1.82, 2.24) is 10.2 Å². The summed E-state index contributed by atoms with van der Waals surface area (Å²) in [4.78, 5) is 12.9. The summed E-state index contributed by atoms with van der Waals surface area (Å²) in [5, 5.41) is 2.94. The summed E-state index contributed by atoms with van der Waals surface area (Å²) in [6.07, 6.45) is 0.701. The van der Waals surface area contributed by atoms with Crippen molar-refractivity contribution < 1.29 is 13.2 Å². The van der Waals surface area contributed by atoms with Gasteiger partial charge in [0.2, 0.25) is 5.91 Å². The lowest BCUT2D eigenvalue weighted by Gasteiger charge is -2.18. The highest BCUT2D eigenvalue weighted by Gasteiger charge is 2.31. The molecule has 1 unspecified atom stereocenters. The van der Waals surface area contributed by atoms with Gasteiger partial charge in [-0.3, -0.25) is 10.1 Å². The summed E-state index contributed by atoms with van der Waals surface area (Å²) in [6.45, 7) is 1.54. The van der Waals surface area contributed by atoms with Gasteiger partial charge in [0.25, 0.3) is 0 Å². The number of amides is 1. The second kappa shape index (κ2) is 3.51. The zero-order valence-corrected chi connectivity index (χ0v) is 8.72. The number of hydrogen-bond acceptors (Lipinski definition) is 4. The van der Waals surface area contributed by atoms with Crippen molar-refractivity contribution in [2.45, 2.75) is 6.42 Å². The van der Waals surface area contributed by atoms with Crippen LogP contribution in [0.25, 0.3) is 0 Å². The normalized spacial score (nSPS) is 31.3. The molecular formula is C8H14N2O3S. The van der Waals surface area contributed by atoms with E-state index in [2.05, 4.69) is 5.32 Å². The van der Waals surface area contributed by atoms with Gasteiger partial charge in [0.15, 0.2) is 9.84 Å². The second-order valence-corrected chi connectivity index (χ2v) is 6.20. The second-order valence-electron chi connectivity index (χ2n) is 3.97. The van der Waals surface area contributed by atoms with Gasteiger partial charge in [0.1, 0.15) is 0 Å². The first-order valence-corrected chi connectivity index (χ1v) is 6.58. The van der Waals surface area contributed by atoms with Crippen LogP contribution in [0.15, 0.2) is 0 Å². The molecule has 0 radical (unpaired) electrons. The molecular weight excluding hydrogens is 204 g/mol. The van der Waals surface area contributed by atoms with E-state index in [-0.39, 0.29) is 23.3 Å². The summed E-state index contributed by atoms with van der Waals surface area (Å²) < 4.78 is 22.4. The lowest BCUT2D eigenvalue weighted by molar-refractivity contribution is -0.127. The molecule has 2 rings (SSSR count). The standard InChI is InChI=1S/C8H14N2O3S/c11-8-3-9-6-10(8)4-7-1-2-14(12,13)5-7/h7,9H,1-6H2. The Morgan fingerprint density at radius 3 is 2.79 bits per heavy atom. The first kappa shape index (κ1) is 9.92. The molecule has 1 N–H and O–H groups in total. The van der Waals surface area contributed by atoms with E-state index in [1.165, 1.54) is 0 Å². The fraction of sp³-hybridized carbons (Fsp3) is 0.875. The number of hydrogen-bond donors (Lipinski definition) is 1. The number of nitrogens with zero attached hydrogens (tertiary/aromatic N) is 1. The van der Waals surface area contributed by atoms with E-state index in [0.717, 1.165) is 0 Å². The van der Waals surface area contributed by atoms with Gasteiger partial charge in [0.05, 0.1) is 24.7 Å². The molecule has 0 aliphatic carbocycles. The van der Waals surface area contributed by atoms with Crippen molar-refractivity contribution in [3.63, 3.8) is 0 Å². The molecule has 2 heterocycles. The highest BCUT2D eigenvalue weighted by molar-refractivity contribution is 7.91. The monoisotopic (exact) mass is 218 g/mol. The number of carbonyl (C=O) groups excluding carboxylic acids is 1. The molecule has 0 saturated carbocycles. The summed E-state index contributed by atoms with van der Waals surface area (Å²) in [6, 6.07) is 0. The summed E-state index contributed by atoms with van der Waals surface area (Å²) >= 11 is 0. The molecule has 0 aromatic heterocycles. The van der Waals surface area contributed by atoms with E-state index < -0.39 is 9.84 Å². The Hall–Kier alpha value is -0.620. The van der Waals surface area contributed by atoms with Crippen LogP contribution in [-0.4, -0.2) is 50.5 Å². The fourth-order valence-electron chi connectivity index (χ4n) is 1.99. The van der Waals surface area contributed by atoms with E-state index in [9.17, 15) is 13.2 Å². The highest BCUT2D eigenvalue weighted by atomic mass is 32.2. The van der Waals surface area contributed by atoms with Gasteiger partial charge in [0, 0.05) is 6.54 Å². The minimum Gasteiger partial charge on any atom is -0.328 e. The number of carbonyl (C=O) groups is 1. The molecule has 0 aromatic carbocycles. The molecule has 14 heavy (non-hydrogen) atoms. The van der Waals surface area contributed by atoms with Gasteiger partial charge < -0.3 is 4.90 Å². The van der Waals surface area contributed by atoms with Gasteiger partial charge in [-0.1, -0.05) is 0 Å². The van der Waals surface area contributed by atoms with Crippen molar-refractivity contribution >= 4 is 15.7 Å². The van der Waals surface area contributed by atoms with Crippen LogP contribution in [0.4, 0.5) is 0 Å². The number of rotatable bonds is 2. The summed E-state index contributed by atoms with van der Waals surface area (Å²) in [5.41, 5.74) is 0. The van der Waals surface area contributed by atoms with E-state index >= 15 is 0 Å². The molecule has 80 valence electrons. The van der Waals surface area contributed by atoms with E-state index in [0.29, 0.717) is 26.2 Å². The van der Waals surface area contributed by atoms with Crippen LogP contribution in [0.2, 0.25) is 0 Å². The minimum absolute atomic E-state index is 0.0781. The van der Waals surface area contributed by atoms with E-state index in [1.807, 2.05) is 0 Å². The largest absolute Gasteiger partial charge is 0.328 e. The zero-order chi connectivity index (χ0) is 10.2. The summed E-state index contributed by atoms with van der Waals surface area (Å²) in [7, 11) is -2.81. The van der Waals surface area contributed by atoms with Crippen molar-refractivity contribution in [2.24, 2.45) is 5.92 Å². The first-order valence-electron chi connectivity index (χ1n) is 4.76. The molecule has 2 aliphatic heterocycles. The Bertz CT molecular complexity index is 338. The molecule has 2 saturated heterocycles. The highest BCUT2D eigenvalue weighted by Crippen LogP contribution is 2.19. The van der Waals surface area contributed by atoms with E-state index in [1.54, 1.807) is 4.90 Å². The predicted octanol–water partition coefficient (Wildman–Crippen LogP) is -1.19. The lowest BCUT2D eigenvalue weighted by atomic mass is 10.1. The smallest absolute Gasteiger partial charge is 0.237 e. The minimum atomic E-state index is -2.81. The average Bonchev–Trinajstić information content (AvgIpc) is 2.61. The first-order chi connectivity index (χ1) is 6.57. The van der Waals surface area contributed by atoms with Crippen molar-refractivity contribution in [1.29, 1.82) is 0 Å². The molecule has 2 fully saturated rings. The van der Waals surface area contributed by atoms with Crippen LogP contribution in [0, 0.1) is 5.92 Å². The third-order valence-electron chi connectivity index (χ3n) is 2.74. The number of nitrogens with one attached hydrogen (secondary N) is 1. The molecule has 1 atom stereocenters. The Morgan fingerprint density at radius 2 is 2.29 bits per heavy atom. The van der Waals surface area contributed by atoms with Crippen LogP contribution in [0.3, 0.4) is 0 Å². The van der Waals surface area contributed by atoms with Gasteiger partial charge in [-0.05, 0) is 12.3 Å². The summed E-state index contributed by atoms with van der Waals surface area (Å²) in [5.74, 6) is 0.752. The quantitative estimate of drug-likeness (QED) is 0.633. The predicted molar refractivity (Wildman–Crippen MR) is 51.3 cm³/mol. The van der Waals surface area contributed by atoms with Gasteiger partial charge in [-0.25, -0.2) is 8.42 Å². The van der Waals surface area contributed by atoms with Crippen molar-refractivity contribution in [3.05, 3.63) is 0 Å². The fourth-order valence-corrected chi connectivity index (χ4v) is 3.84. The molecule has 0 bridgehead atoms. The lowest BCUT2D eigenvalue weighted by Crippen LogP contribution is -2.32. The van der Waals surface area contributed by atoms with Crippen LogP contribution >= 0.6 is 0 Å². The molecule has 0 spiro atoms. The van der Waals surface area contributed by atoms with Crippen LogP contribution in [0.1, 0.15) is 6.42 Å². The van der Waals surface area contributed by atoms with Crippen LogP contribution < -0.4 is 5.32 Å². The van der Waals surface area contributed by atoms with Gasteiger partial charge in [-0.15, -0.1) is 0 Å². The van der Waals surface area contributed by atoms with Crippen LogP contribution in [0.5, 0.6) is 0 Å². The number of sulfone groups is 1. The maximum Gasteiger partial charge on any atom is 0.237 e. The van der Waals surface area contributed by atoms with Crippen molar-refractivity contribution in [3.8, 4) is 0 Å². The SMILES string of the molecule is O=C1CNCN1CC1CCS(=O)(=O)C1. The third-order valence-corrected chi connectivity index (χ3v) is 4.57. The zero-order valence-electron chi connectivity index (χ0n) is 7.90. The Morgan fingerprint density at radius 1 is 1.50 bits per heavy atom. The topological polar surface area (TPSA) is 66.5 Å². The Labute approximate surface area is 83.4 Å². The maximum atomic E-state index is 11.2. The Kier molecular flexibility index (Phi) is 2.48. The van der Waals surface area contributed by atoms with E-state index in [4.69, 9.17) is 0 Å². The van der Waals surface area contributed by atoms with Gasteiger partial charge >= 0.3 is 0 Å². The van der Waals surface area contributed by atoms with Gasteiger partial charge in [-0.2, -0.15) is 0 Å². The molecule has 5 nitrogen and oxygen atoms in total. The molecule has 0 aromatic rings. The molecule has 6 heteroatoms. The molecule has 1 amide bonds.